The van der Waals surface area contributed by atoms with Gasteiger partial charge in [0.2, 0.25) is 0 Å². The summed E-state index contributed by atoms with van der Waals surface area (Å²) in [7, 11) is 0. The fourth-order valence-corrected chi connectivity index (χ4v) is 1.16. The number of unbranched alkanes of at least 4 members (excludes halogenated alkanes) is 3. The van der Waals surface area contributed by atoms with Gasteiger partial charge >= 0.3 is 24.0 Å². The standard InChI is InChI=1S/C12H18O4.C3H7NO2.C3H4O2/c1-3-11(13)15-9-7-5-6-8-10-16-12(14)4-2;1-2-6-3(4)5;1-2-3(4)5/h3-4H,1-2,5-10H2;2H2,1H3,(H2,4,5);2H,1H2,(H,4,5). The number of hydrogen-bond acceptors (Lipinski definition) is 7. The lowest BCUT2D eigenvalue weighted by Gasteiger charge is -2.03. The fourth-order valence-electron chi connectivity index (χ4n) is 1.16. The van der Waals surface area contributed by atoms with Gasteiger partial charge < -0.3 is 25.1 Å². The van der Waals surface area contributed by atoms with Gasteiger partial charge in [0.25, 0.3) is 0 Å². The maximum Gasteiger partial charge on any atom is 0.404 e. The number of nitrogens with two attached hydrogens (primary N) is 1. The number of hydrogen-bond donors (Lipinski definition) is 2. The van der Waals surface area contributed by atoms with Gasteiger partial charge in [0.05, 0.1) is 19.8 Å². The first-order chi connectivity index (χ1) is 12.7. The molecule has 9 nitrogen and oxygen atoms in total. The van der Waals surface area contributed by atoms with Crippen LogP contribution in [0.25, 0.3) is 0 Å². The molecule has 0 atom stereocenters. The van der Waals surface area contributed by atoms with Crippen molar-refractivity contribution in [2.24, 2.45) is 5.73 Å². The van der Waals surface area contributed by atoms with Gasteiger partial charge in [-0.3, -0.25) is 0 Å². The van der Waals surface area contributed by atoms with E-state index in [0.717, 1.165) is 43.9 Å². The predicted molar refractivity (Wildman–Crippen MR) is 99.8 cm³/mol. The smallest absolute Gasteiger partial charge is 0.404 e. The van der Waals surface area contributed by atoms with Crippen LogP contribution in [-0.2, 0) is 28.6 Å². The predicted octanol–water partition coefficient (Wildman–Crippen LogP) is 2.36. The number of carbonyl (C=O) groups is 4. The molecule has 27 heavy (non-hydrogen) atoms. The van der Waals surface area contributed by atoms with Gasteiger partial charge in [-0.2, -0.15) is 0 Å². The highest BCUT2D eigenvalue weighted by atomic mass is 16.5. The van der Waals surface area contributed by atoms with Crippen molar-refractivity contribution >= 4 is 24.0 Å². The number of aliphatic carboxylic acids is 1. The third-order valence-electron chi connectivity index (χ3n) is 2.32. The van der Waals surface area contributed by atoms with E-state index in [0.29, 0.717) is 19.8 Å². The minimum Gasteiger partial charge on any atom is -0.478 e. The van der Waals surface area contributed by atoms with Crippen LogP contribution in [0.3, 0.4) is 0 Å². The van der Waals surface area contributed by atoms with E-state index < -0.39 is 12.1 Å². The van der Waals surface area contributed by atoms with E-state index in [1.165, 1.54) is 0 Å². The second kappa shape index (κ2) is 22.9. The Morgan fingerprint density at radius 3 is 1.37 bits per heavy atom. The summed E-state index contributed by atoms with van der Waals surface area (Å²) >= 11 is 0. The number of carbonyl (C=O) groups excluding carboxylic acids is 3. The molecule has 0 unspecified atom stereocenters. The van der Waals surface area contributed by atoms with Crippen LogP contribution in [0.15, 0.2) is 38.0 Å². The average molecular weight is 387 g/mol. The SMILES string of the molecule is C=CC(=O)O.C=CC(=O)OCCCCCCOC(=O)C=C.CCOC(N)=O. The molecule has 0 aliphatic heterocycles. The van der Waals surface area contributed by atoms with Gasteiger partial charge in [0, 0.05) is 18.2 Å². The zero-order valence-electron chi connectivity index (χ0n) is 15.7. The molecular weight excluding hydrogens is 358 g/mol. The van der Waals surface area contributed by atoms with Crippen LogP contribution < -0.4 is 5.73 Å². The Balaban J connectivity index is -0.000000428. The summed E-state index contributed by atoms with van der Waals surface area (Å²) in [5.74, 6) is -1.76. The minimum atomic E-state index is -0.981. The number of primary amides is 1. The highest BCUT2D eigenvalue weighted by Crippen LogP contribution is 2.01. The van der Waals surface area contributed by atoms with E-state index in [-0.39, 0.29) is 11.9 Å². The summed E-state index contributed by atoms with van der Waals surface area (Å²) < 4.78 is 13.8. The molecule has 0 aliphatic rings. The summed E-state index contributed by atoms with van der Waals surface area (Å²) in [6.45, 7) is 12.4. The molecule has 0 fully saturated rings. The van der Waals surface area contributed by atoms with Crippen molar-refractivity contribution in [3.8, 4) is 0 Å². The van der Waals surface area contributed by atoms with Crippen LogP contribution in [0.1, 0.15) is 32.6 Å². The lowest BCUT2D eigenvalue weighted by atomic mass is 10.2. The number of carboxylic acids is 1. The van der Waals surface area contributed by atoms with Gasteiger partial charge in [-0.05, 0) is 32.6 Å². The molecule has 9 heteroatoms. The van der Waals surface area contributed by atoms with Crippen molar-refractivity contribution in [1.29, 1.82) is 0 Å². The van der Waals surface area contributed by atoms with Crippen molar-refractivity contribution in [2.75, 3.05) is 19.8 Å². The van der Waals surface area contributed by atoms with E-state index in [1.807, 2.05) is 0 Å². The Labute approximate surface area is 159 Å². The molecule has 3 N–H and O–H groups in total. The molecule has 0 spiro atoms. The Morgan fingerprint density at radius 2 is 1.19 bits per heavy atom. The van der Waals surface area contributed by atoms with Crippen LogP contribution >= 0.6 is 0 Å². The maximum atomic E-state index is 10.6. The number of esters is 2. The zero-order valence-corrected chi connectivity index (χ0v) is 15.7. The molecule has 0 bridgehead atoms. The molecule has 0 saturated carbocycles. The molecule has 1 amide bonds. The average Bonchev–Trinajstić information content (AvgIpc) is 2.64. The topological polar surface area (TPSA) is 142 Å². The molecule has 0 saturated heterocycles. The van der Waals surface area contributed by atoms with E-state index in [1.54, 1.807) is 6.92 Å². The molecule has 0 aromatic carbocycles. The van der Waals surface area contributed by atoms with Gasteiger partial charge in [0.15, 0.2) is 0 Å². The van der Waals surface area contributed by atoms with E-state index >= 15 is 0 Å². The van der Waals surface area contributed by atoms with E-state index in [9.17, 15) is 19.2 Å². The summed E-state index contributed by atoms with van der Waals surface area (Å²) in [5, 5.41) is 7.60. The maximum absolute atomic E-state index is 10.6. The monoisotopic (exact) mass is 387 g/mol. The summed E-state index contributed by atoms with van der Waals surface area (Å²) in [6, 6.07) is 0. The van der Waals surface area contributed by atoms with Crippen LogP contribution in [-0.4, -0.2) is 48.9 Å². The molecular formula is C18H29NO8. The third-order valence-corrected chi connectivity index (χ3v) is 2.32. The van der Waals surface area contributed by atoms with Gasteiger partial charge in [0.1, 0.15) is 0 Å². The molecule has 0 radical (unpaired) electrons. The second-order valence-corrected chi connectivity index (χ2v) is 4.45. The molecule has 0 aromatic heterocycles. The summed E-state index contributed by atoms with van der Waals surface area (Å²) in [4.78, 5) is 40.1. The zero-order chi connectivity index (χ0) is 21.5. The molecule has 154 valence electrons. The Hall–Kier alpha value is -3.10. The number of carboxylic acid groups (broad SMARTS) is 1. The van der Waals surface area contributed by atoms with Crippen LogP contribution in [0, 0.1) is 0 Å². The van der Waals surface area contributed by atoms with Gasteiger partial charge in [-0.25, -0.2) is 19.2 Å². The Bertz CT molecular complexity index is 448. The highest BCUT2D eigenvalue weighted by molar-refractivity contribution is 5.81. The summed E-state index contributed by atoms with van der Waals surface area (Å²) in [6.07, 6.45) is 5.93. The quantitative estimate of drug-likeness (QED) is 0.238. The normalized spacial score (nSPS) is 8.33. The molecule has 0 rings (SSSR count). The Morgan fingerprint density at radius 1 is 0.815 bits per heavy atom. The van der Waals surface area contributed by atoms with Crippen molar-refractivity contribution in [3.63, 3.8) is 0 Å². The van der Waals surface area contributed by atoms with Crippen molar-refractivity contribution in [3.05, 3.63) is 38.0 Å². The van der Waals surface area contributed by atoms with Crippen LogP contribution in [0.5, 0.6) is 0 Å². The number of ether oxygens (including phenoxy) is 3. The second-order valence-electron chi connectivity index (χ2n) is 4.45. The first-order valence-electron chi connectivity index (χ1n) is 8.11. The van der Waals surface area contributed by atoms with E-state index in [2.05, 4.69) is 30.2 Å². The van der Waals surface area contributed by atoms with E-state index in [4.69, 9.17) is 14.6 Å². The largest absolute Gasteiger partial charge is 0.478 e. The van der Waals surface area contributed by atoms with Crippen molar-refractivity contribution < 1.29 is 38.5 Å². The molecule has 0 aliphatic carbocycles. The van der Waals surface area contributed by atoms with Crippen LogP contribution in [0.2, 0.25) is 0 Å². The first-order valence-corrected chi connectivity index (χ1v) is 8.11. The summed E-state index contributed by atoms with van der Waals surface area (Å²) in [5.41, 5.74) is 4.54. The molecule has 0 heterocycles. The number of amides is 1. The van der Waals surface area contributed by atoms with Crippen LogP contribution in [0.4, 0.5) is 4.79 Å². The highest BCUT2D eigenvalue weighted by Gasteiger charge is 1.97. The lowest BCUT2D eigenvalue weighted by molar-refractivity contribution is -0.139. The number of rotatable bonds is 11. The lowest BCUT2D eigenvalue weighted by Crippen LogP contribution is -2.11. The van der Waals surface area contributed by atoms with Gasteiger partial charge in [-0.15, -0.1) is 0 Å². The third kappa shape index (κ3) is 35.0. The van der Waals surface area contributed by atoms with Crippen molar-refractivity contribution in [1.82, 2.24) is 0 Å². The first kappa shape index (κ1) is 28.7. The minimum absolute atomic E-state index is 0.356. The Kier molecular flexibility index (Phi) is 24.3. The fraction of sp³-hybridized carbons (Fsp3) is 0.444. The van der Waals surface area contributed by atoms with Gasteiger partial charge in [-0.1, -0.05) is 19.7 Å². The molecule has 0 aromatic rings. The van der Waals surface area contributed by atoms with Crippen molar-refractivity contribution in [2.45, 2.75) is 32.6 Å².